The van der Waals surface area contributed by atoms with Gasteiger partial charge in [-0.05, 0) is 56.9 Å². The van der Waals surface area contributed by atoms with Crippen molar-refractivity contribution >= 4 is 46.3 Å². The molecule has 2 aromatic rings. The average molecular weight is 458 g/mol. The molecule has 1 N–H and O–H groups in total. The largest absolute Gasteiger partial charge is 0.496 e. The Balaban J connectivity index is 1.52. The summed E-state index contributed by atoms with van der Waals surface area (Å²) < 4.78 is 11.9. The minimum atomic E-state index is -0.761. The van der Waals surface area contributed by atoms with Gasteiger partial charge < -0.3 is 14.3 Å². The molecule has 1 aliphatic heterocycles. The van der Waals surface area contributed by atoms with Crippen LogP contribution in [0.4, 0.5) is 0 Å². The lowest BCUT2D eigenvalue weighted by molar-refractivity contribution is -0.143. The minimum Gasteiger partial charge on any atom is -0.496 e. The van der Waals surface area contributed by atoms with Crippen LogP contribution >= 0.6 is 24.0 Å². The summed E-state index contributed by atoms with van der Waals surface area (Å²) in [7, 11) is 1.62. The number of rotatable bonds is 5. The van der Waals surface area contributed by atoms with E-state index in [4.69, 9.17) is 21.4 Å². The monoisotopic (exact) mass is 457 g/mol. The highest BCUT2D eigenvalue weighted by molar-refractivity contribution is 8.26. The standard InChI is InChI=1S/C23H23NO5S2/c1-13-3-9-18(28-2)17(11-13)19-10-8-16(29-19)12-20-21(25)24(23(30)31-20)15-6-4-14(5-7-15)22(26)27/h3,8-12,14-15H,4-7H2,1-2H3,(H,26,27). The highest BCUT2D eigenvalue weighted by Gasteiger charge is 2.39. The van der Waals surface area contributed by atoms with Gasteiger partial charge in [-0.25, -0.2) is 0 Å². The topological polar surface area (TPSA) is 80.0 Å². The zero-order valence-electron chi connectivity index (χ0n) is 17.3. The maximum Gasteiger partial charge on any atom is 0.306 e. The lowest BCUT2D eigenvalue weighted by Gasteiger charge is -2.32. The van der Waals surface area contributed by atoms with Crippen LogP contribution in [0.15, 0.2) is 39.7 Å². The maximum absolute atomic E-state index is 13.0. The summed E-state index contributed by atoms with van der Waals surface area (Å²) in [6.07, 6.45) is 4.14. The first-order chi connectivity index (χ1) is 14.9. The van der Waals surface area contributed by atoms with Crippen molar-refractivity contribution in [2.75, 3.05) is 7.11 Å². The first-order valence-electron chi connectivity index (χ1n) is 10.1. The highest BCUT2D eigenvalue weighted by atomic mass is 32.2. The number of aliphatic carboxylic acids is 1. The number of amides is 1. The first-order valence-corrected chi connectivity index (χ1v) is 11.3. The molecule has 0 bridgehead atoms. The Hall–Kier alpha value is -2.58. The number of hydrogen-bond donors (Lipinski definition) is 1. The van der Waals surface area contributed by atoms with Gasteiger partial charge in [-0.3, -0.25) is 14.5 Å². The quantitative estimate of drug-likeness (QED) is 0.494. The smallest absolute Gasteiger partial charge is 0.306 e. The van der Waals surface area contributed by atoms with Crippen LogP contribution < -0.4 is 4.74 Å². The molecule has 1 saturated heterocycles. The van der Waals surface area contributed by atoms with Crippen LogP contribution in [-0.4, -0.2) is 39.4 Å². The molecule has 1 saturated carbocycles. The van der Waals surface area contributed by atoms with Crippen molar-refractivity contribution in [2.24, 2.45) is 5.92 Å². The number of thioether (sulfide) groups is 1. The van der Waals surface area contributed by atoms with E-state index in [0.717, 1.165) is 16.9 Å². The molecule has 6 nitrogen and oxygen atoms in total. The SMILES string of the molecule is COc1ccc(C)cc1-c1ccc(C=C2SC(=S)N(C3CCC(C(=O)O)CC3)C2=O)o1. The molecule has 0 atom stereocenters. The van der Waals surface area contributed by atoms with Crippen molar-refractivity contribution in [3.63, 3.8) is 0 Å². The Morgan fingerprint density at radius 3 is 2.68 bits per heavy atom. The van der Waals surface area contributed by atoms with Gasteiger partial charge in [0, 0.05) is 12.1 Å². The van der Waals surface area contributed by atoms with Crippen LogP contribution in [0.1, 0.15) is 37.0 Å². The van der Waals surface area contributed by atoms with Gasteiger partial charge in [0.2, 0.25) is 0 Å². The van der Waals surface area contributed by atoms with Crippen LogP contribution in [-0.2, 0) is 9.59 Å². The Bertz CT molecular complexity index is 1070. The second-order valence-electron chi connectivity index (χ2n) is 7.80. The third-order valence-electron chi connectivity index (χ3n) is 5.76. The Labute approximate surface area is 190 Å². The summed E-state index contributed by atoms with van der Waals surface area (Å²) in [4.78, 5) is 26.4. The Morgan fingerprint density at radius 2 is 2.00 bits per heavy atom. The molecular weight excluding hydrogens is 434 g/mol. The van der Waals surface area contributed by atoms with Crippen LogP contribution in [0.3, 0.4) is 0 Å². The summed E-state index contributed by atoms with van der Waals surface area (Å²) in [5.41, 5.74) is 1.94. The average Bonchev–Trinajstić information content (AvgIpc) is 3.32. The van der Waals surface area contributed by atoms with Crippen molar-refractivity contribution in [2.45, 2.75) is 38.6 Å². The normalized spacial score (nSPS) is 22.9. The molecule has 1 aromatic heterocycles. The lowest BCUT2D eigenvalue weighted by atomic mass is 9.85. The molecule has 1 aromatic carbocycles. The van der Waals surface area contributed by atoms with E-state index < -0.39 is 5.97 Å². The van der Waals surface area contributed by atoms with E-state index >= 15 is 0 Å². The number of carbonyl (C=O) groups excluding carboxylic acids is 1. The van der Waals surface area contributed by atoms with Crippen molar-refractivity contribution in [3.8, 4) is 17.1 Å². The summed E-state index contributed by atoms with van der Waals surface area (Å²) in [6.45, 7) is 2.00. The molecule has 1 amide bonds. The lowest BCUT2D eigenvalue weighted by Crippen LogP contribution is -2.41. The van der Waals surface area contributed by atoms with Gasteiger partial charge in [0.05, 0.1) is 23.5 Å². The molecule has 0 spiro atoms. The molecule has 0 unspecified atom stereocenters. The molecule has 0 radical (unpaired) electrons. The number of hydrogen-bond acceptors (Lipinski definition) is 6. The molecular formula is C23H23NO5S2. The molecule has 2 heterocycles. The third kappa shape index (κ3) is 4.41. The molecule has 1 aliphatic carbocycles. The number of carbonyl (C=O) groups is 2. The van der Waals surface area contributed by atoms with Gasteiger partial charge in [0.25, 0.3) is 5.91 Å². The number of aryl methyl sites for hydroxylation is 1. The number of benzene rings is 1. The predicted molar refractivity (Wildman–Crippen MR) is 124 cm³/mol. The zero-order valence-corrected chi connectivity index (χ0v) is 18.9. The van der Waals surface area contributed by atoms with Gasteiger partial charge >= 0.3 is 5.97 Å². The summed E-state index contributed by atoms with van der Waals surface area (Å²) in [5.74, 6) is 0.713. The van der Waals surface area contributed by atoms with Gasteiger partial charge in [-0.15, -0.1) is 0 Å². The van der Waals surface area contributed by atoms with Gasteiger partial charge in [-0.1, -0.05) is 35.6 Å². The van der Waals surface area contributed by atoms with Crippen molar-refractivity contribution < 1.29 is 23.8 Å². The number of ether oxygens (including phenoxy) is 1. The van der Waals surface area contributed by atoms with E-state index in [1.807, 2.05) is 37.3 Å². The van der Waals surface area contributed by atoms with Crippen molar-refractivity contribution in [1.82, 2.24) is 4.90 Å². The molecule has 8 heteroatoms. The number of carboxylic acids is 1. The van der Waals surface area contributed by atoms with Crippen molar-refractivity contribution in [1.29, 1.82) is 0 Å². The van der Waals surface area contributed by atoms with E-state index in [9.17, 15) is 14.7 Å². The number of thiocarbonyl (C=S) groups is 1. The maximum atomic E-state index is 13.0. The molecule has 2 aliphatic rings. The van der Waals surface area contributed by atoms with Crippen LogP contribution in [0.2, 0.25) is 0 Å². The van der Waals surface area contributed by atoms with Gasteiger partial charge in [0.15, 0.2) is 0 Å². The fourth-order valence-corrected chi connectivity index (χ4v) is 5.47. The van der Waals surface area contributed by atoms with Crippen molar-refractivity contribution in [3.05, 3.63) is 46.6 Å². The van der Waals surface area contributed by atoms with Gasteiger partial charge in [0.1, 0.15) is 21.6 Å². The van der Waals surface area contributed by atoms with E-state index in [-0.39, 0.29) is 17.9 Å². The molecule has 4 rings (SSSR count). The highest BCUT2D eigenvalue weighted by Crippen LogP contribution is 2.39. The van der Waals surface area contributed by atoms with Gasteiger partial charge in [-0.2, -0.15) is 0 Å². The molecule has 2 fully saturated rings. The third-order valence-corrected chi connectivity index (χ3v) is 7.09. The van der Waals surface area contributed by atoms with Crippen LogP contribution in [0, 0.1) is 12.8 Å². The van der Waals surface area contributed by atoms with E-state index in [2.05, 4.69) is 0 Å². The fraction of sp³-hybridized carbons (Fsp3) is 0.348. The number of carboxylic acid groups (broad SMARTS) is 1. The Morgan fingerprint density at radius 1 is 1.26 bits per heavy atom. The predicted octanol–water partition coefficient (Wildman–Crippen LogP) is 5.11. The summed E-state index contributed by atoms with van der Waals surface area (Å²) in [6, 6.07) is 9.50. The second kappa shape index (κ2) is 8.88. The zero-order chi connectivity index (χ0) is 22.1. The molecule has 31 heavy (non-hydrogen) atoms. The number of furan rings is 1. The Kier molecular flexibility index (Phi) is 6.20. The van der Waals surface area contributed by atoms with E-state index in [0.29, 0.717) is 46.4 Å². The summed E-state index contributed by atoms with van der Waals surface area (Å²) in [5, 5.41) is 9.19. The second-order valence-corrected chi connectivity index (χ2v) is 9.48. The van der Waals surface area contributed by atoms with E-state index in [1.165, 1.54) is 11.8 Å². The van der Waals surface area contributed by atoms with Crippen LogP contribution in [0.25, 0.3) is 17.4 Å². The minimum absolute atomic E-state index is 0.0438. The fourth-order valence-electron chi connectivity index (χ4n) is 4.09. The van der Waals surface area contributed by atoms with E-state index in [1.54, 1.807) is 18.1 Å². The van der Waals surface area contributed by atoms with Crippen LogP contribution in [0.5, 0.6) is 5.75 Å². The number of methoxy groups -OCH3 is 1. The molecule has 162 valence electrons. The number of nitrogens with zero attached hydrogens (tertiary/aromatic N) is 1. The first kappa shape index (κ1) is 21.6. The summed E-state index contributed by atoms with van der Waals surface area (Å²) >= 11 is 6.73.